The van der Waals surface area contributed by atoms with E-state index >= 15 is 0 Å². The number of nitrogens with zero attached hydrogens (tertiary/aromatic N) is 3. The van der Waals surface area contributed by atoms with Gasteiger partial charge in [-0.05, 0) is 24.3 Å². The van der Waals surface area contributed by atoms with E-state index in [1.807, 2.05) is 0 Å². The maximum Gasteiger partial charge on any atom is 0.488 e. The van der Waals surface area contributed by atoms with Crippen molar-refractivity contribution in [2.75, 3.05) is 0 Å². The highest BCUT2D eigenvalue weighted by atomic mass is 32.3. The van der Waals surface area contributed by atoms with Crippen molar-refractivity contribution >= 4 is 10.5 Å². The molecule has 0 aliphatic rings. The van der Waals surface area contributed by atoms with Gasteiger partial charge in [-0.25, -0.2) is 13.5 Å². The summed E-state index contributed by atoms with van der Waals surface area (Å²) in [6.45, 7) is 0.0180. The number of hydrogen-bond acceptors (Lipinski definition) is 6. The molecule has 0 aliphatic heterocycles. The van der Waals surface area contributed by atoms with Crippen LogP contribution in [0, 0.1) is 11.6 Å². The Bertz CT molecular complexity index is 1140. The summed E-state index contributed by atoms with van der Waals surface area (Å²) in [6.07, 6.45) is 0.786. The van der Waals surface area contributed by atoms with Crippen LogP contribution in [0.4, 0.5) is 21.4 Å². The van der Waals surface area contributed by atoms with Crippen molar-refractivity contribution in [3.05, 3.63) is 65.5 Å². The third-order valence-electron chi connectivity index (χ3n) is 3.77. The molecule has 0 amide bonds. The van der Waals surface area contributed by atoms with Crippen LogP contribution in [0.15, 0.2) is 42.6 Å². The van der Waals surface area contributed by atoms with Crippen molar-refractivity contribution in [1.29, 1.82) is 0 Å². The minimum Gasteiger partial charge on any atom is -0.489 e. The summed E-state index contributed by atoms with van der Waals surface area (Å²) in [5, 5.41) is 6.78. The molecule has 0 bridgehead atoms. The van der Waals surface area contributed by atoms with Crippen molar-refractivity contribution in [2.45, 2.75) is 19.5 Å². The Morgan fingerprint density at radius 1 is 1.07 bits per heavy atom. The van der Waals surface area contributed by atoms with E-state index in [4.69, 9.17) is 4.74 Å². The van der Waals surface area contributed by atoms with Gasteiger partial charge in [0.2, 0.25) is 0 Å². The number of halogens is 5. The van der Waals surface area contributed by atoms with E-state index in [1.54, 1.807) is 0 Å². The van der Waals surface area contributed by atoms with Gasteiger partial charge in [-0.1, -0.05) is 9.10 Å². The highest BCUT2D eigenvalue weighted by Crippen LogP contribution is 2.29. The molecule has 0 N–H and O–H groups in total. The Labute approximate surface area is 167 Å². The molecule has 0 atom stereocenters. The summed E-state index contributed by atoms with van der Waals surface area (Å²) in [5.74, 6) is -5.74. The lowest BCUT2D eigenvalue weighted by molar-refractivity contribution is 0.0102. The van der Waals surface area contributed by atoms with Crippen molar-refractivity contribution in [3.8, 4) is 17.2 Å². The Kier molecular flexibility index (Phi) is 5.65. The van der Waals surface area contributed by atoms with E-state index in [2.05, 4.69) is 14.5 Å². The molecule has 160 valence electrons. The monoisotopic (exact) mass is 449 g/mol. The van der Waals surface area contributed by atoms with Gasteiger partial charge >= 0.3 is 10.5 Å². The van der Waals surface area contributed by atoms with Crippen LogP contribution in [0.1, 0.15) is 18.2 Å². The zero-order chi connectivity index (χ0) is 22.1. The molecule has 7 nitrogen and oxygen atoms in total. The second kappa shape index (κ2) is 7.89. The SMILES string of the molecule is CC(F)(F)c1cnnn1-c1cc(F)c(COc2ccc(OS(=O)(=O)F)cc2)c(F)c1. The van der Waals surface area contributed by atoms with Crippen LogP contribution in [-0.2, 0) is 23.0 Å². The molecule has 0 spiro atoms. The highest BCUT2D eigenvalue weighted by Gasteiger charge is 2.30. The lowest BCUT2D eigenvalue weighted by atomic mass is 10.1. The Morgan fingerprint density at radius 3 is 2.17 bits per heavy atom. The lowest BCUT2D eigenvalue weighted by Gasteiger charge is -2.14. The highest BCUT2D eigenvalue weighted by molar-refractivity contribution is 7.81. The number of hydrogen-bond donors (Lipinski definition) is 0. The topological polar surface area (TPSA) is 83.3 Å². The summed E-state index contributed by atoms with van der Waals surface area (Å²) in [7, 11) is -5.19. The quantitative estimate of drug-likeness (QED) is 0.403. The fourth-order valence-corrected chi connectivity index (χ4v) is 2.78. The second-order valence-electron chi connectivity index (χ2n) is 6.04. The second-order valence-corrected chi connectivity index (χ2v) is 7.00. The molecule has 30 heavy (non-hydrogen) atoms. The first-order valence-electron chi connectivity index (χ1n) is 8.08. The molecule has 3 rings (SSSR count). The maximum absolute atomic E-state index is 14.4. The summed E-state index contributed by atoms with van der Waals surface area (Å²) >= 11 is 0. The summed E-state index contributed by atoms with van der Waals surface area (Å²) in [4.78, 5) is 0. The van der Waals surface area contributed by atoms with Crippen LogP contribution in [0.2, 0.25) is 0 Å². The van der Waals surface area contributed by atoms with E-state index in [0.717, 1.165) is 30.5 Å². The van der Waals surface area contributed by atoms with E-state index in [-0.39, 0.29) is 17.2 Å². The van der Waals surface area contributed by atoms with Crippen molar-refractivity contribution in [1.82, 2.24) is 15.0 Å². The minimum atomic E-state index is -5.19. The van der Waals surface area contributed by atoms with E-state index in [9.17, 15) is 29.9 Å². The molecule has 13 heteroatoms. The normalized spacial score (nSPS) is 12.1. The average molecular weight is 449 g/mol. The summed E-state index contributed by atoms with van der Waals surface area (Å²) < 4.78 is 99.0. The van der Waals surface area contributed by atoms with Gasteiger partial charge in [0.15, 0.2) is 0 Å². The molecule has 1 heterocycles. The molecule has 1 aromatic heterocycles. The largest absolute Gasteiger partial charge is 0.489 e. The van der Waals surface area contributed by atoms with Gasteiger partial charge in [-0.3, -0.25) is 0 Å². The van der Waals surface area contributed by atoms with Gasteiger partial charge in [-0.15, -0.1) is 5.10 Å². The van der Waals surface area contributed by atoms with E-state index in [1.165, 1.54) is 12.1 Å². The molecule has 0 aliphatic carbocycles. The van der Waals surface area contributed by atoms with Crippen LogP contribution in [0.5, 0.6) is 11.5 Å². The predicted octanol–water partition coefficient (Wildman–Crippen LogP) is 3.83. The summed E-state index contributed by atoms with van der Waals surface area (Å²) in [5.41, 5.74) is -1.44. The van der Waals surface area contributed by atoms with Gasteiger partial charge in [0, 0.05) is 19.1 Å². The first-order valence-corrected chi connectivity index (χ1v) is 9.39. The van der Waals surface area contributed by atoms with Gasteiger partial charge in [0.05, 0.1) is 17.4 Å². The van der Waals surface area contributed by atoms with Crippen LogP contribution in [-0.4, -0.2) is 23.4 Å². The number of benzene rings is 2. The third kappa shape index (κ3) is 5.03. The number of rotatable bonds is 7. The first kappa shape index (κ1) is 21.5. The van der Waals surface area contributed by atoms with Gasteiger partial charge in [0.1, 0.15) is 35.4 Å². The fourth-order valence-electron chi connectivity index (χ4n) is 2.44. The number of aromatic nitrogens is 3. The van der Waals surface area contributed by atoms with Crippen molar-refractivity contribution in [2.24, 2.45) is 0 Å². The third-order valence-corrected chi connectivity index (χ3v) is 4.16. The molecule has 2 aromatic carbocycles. The predicted molar refractivity (Wildman–Crippen MR) is 92.3 cm³/mol. The molecule has 0 fully saturated rings. The van der Waals surface area contributed by atoms with Crippen LogP contribution in [0.3, 0.4) is 0 Å². The lowest BCUT2D eigenvalue weighted by Crippen LogP contribution is -2.15. The average Bonchev–Trinajstić information content (AvgIpc) is 3.11. The Hall–Kier alpha value is -3.22. The van der Waals surface area contributed by atoms with Crippen LogP contribution >= 0.6 is 0 Å². The van der Waals surface area contributed by atoms with Gasteiger partial charge < -0.3 is 8.92 Å². The maximum atomic E-state index is 14.4. The smallest absolute Gasteiger partial charge is 0.488 e. The van der Waals surface area contributed by atoms with Crippen molar-refractivity contribution < 1.29 is 38.8 Å². The number of ether oxygens (including phenoxy) is 1. The van der Waals surface area contributed by atoms with Crippen molar-refractivity contribution in [3.63, 3.8) is 0 Å². The zero-order valence-electron chi connectivity index (χ0n) is 15.0. The first-order chi connectivity index (χ1) is 13.9. The molecular formula is C17H12F5N3O4S. The molecular weight excluding hydrogens is 437 g/mol. The molecule has 3 aromatic rings. The fraction of sp³-hybridized carbons (Fsp3) is 0.176. The van der Waals surface area contributed by atoms with Crippen LogP contribution < -0.4 is 8.92 Å². The van der Waals surface area contributed by atoms with Crippen LogP contribution in [0.25, 0.3) is 5.69 Å². The Balaban J connectivity index is 1.78. The Morgan fingerprint density at radius 2 is 1.63 bits per heavy atom. The van der Waals surface area contributed by atoms with E-state index in [0.29, 0.717) is 11.6 Å². The standard InChI is InChI=1S/C17H12F5N3O4S/c1-17(20,21)16-8-23-24-25(16)10-6-14(18)13(15(19)7-10)9-28-11-2-4-12(5-3-11)29-30(22,26)27/h2-8H,9H2,1H3. The summed E-state index contributed by atoms with van der Waals surface area (Å²) in [6, 6.07) is 6.12. The molecule has 0 radical (unpaired) electrons. The van der Waals surface area contributed by atoms with Gasteiger partial charge in [0.25, 0.3) is 5.92 Å². The van der Waals surface area contributed by atoms with E-state index < -0.39 is 45.9 Å². The molecule has 0 saturated carbocycles. The zero-order valence-corrected chi connectivity index (χ0v) is 15.8. The molecule has 0 unspecified atom stereocenters. The number of alkyl halides is 2. The minimum absolute atomic E-state index is 0.0747. The molecule has 0 saturated heterocycles. The van der Waals surface area contributed by atoms with Gasteiger partial charge in [-0.2, -0.15) is 17.2 Å².